The molecule has 1 saturated heterocycles. The fourth-order valence-corrected chi connectivity index (χ4v) is 5.73. The van der Waals surface area contributed by atoms with Gasteiger partial charge in [0.2, 0.25) is 5.91 Å². The third kappa shape index (κ3) is 4.63. The number of thioether (sulfide) groups is 1. The zero-order chi connectivity index (χ0) is 21.9. The third-order valence-electron chi connectivity index (χ3n) is 5.94. The summed E-state index contributed by atoms with van der Waals surface area (Å²) in [4.78, 5) is 18.4. The molecule has 2 aliphatic rings. The summed E-state index contributed by atoms with van der Waals surface area (Å²) in [6.07, 6.45) is 3.14. The van der Waals surface area contributed by atoms with E-state index in [0.29, 0.717) is 11.8 Å². The number of ether oxygens (including phenoxy) is 1. The first-order valence-corrected chi connectivity index (χ1v) is 12.8. The normalized spacial score (nSPS) is 16.4. The molecule has 168 valence electrons. The van der Waals surface area contributed by atoms with E-state index in [1.54, 1.807) is 18.4 Å². The largest absolute Gasteiger partial charge is 0.495 e. The van der Waals surface area contributed by atoms with Crippen LogP contribution in [0.2, 0.25) is 0 Å². The monoisotopic (exact) mass is 469 g/mol. The van der Waals surface area contributed by atoms with Gasteiger partial charge in [-0.2, -0.15) is 0 Å². The van der Waals surface area contributed by atoms with Crippen LogP contribution < -0.4 is 9.64 Å². The zero-order valence-corrected chi connectivity index (χ0v) is 19.8. The number of hydrogen-bond acceptors (Lipinski definition) is 7. The van der Waals surface area contributed by atoms with Crippen LogP contribution in [0.3, 0.4) is 0 Å². The van der Waals surface area contributed by atoms with Crippen LogP contribution in [0.5, 0.6) is 5.75 Å². The number of hydrogen-bond donors (Lipinski definition) is 0. The van der Waals surface area contributed by atoms with Crippen LogP contribution in [-0.4, -0.2) is 64.6 Å². The van der Waals surface area contributed by atoms with Crippen LogP contribution in [0.25, 0.3) is 0 Å². The first kappa shape index (κ1) is 21.3. The number of para-hydroxylation sites is 2. The van der Waals surface area contributed by atoms with Crippen molar-refractivity contribution >= 4 is 34.7 Å². The summed E-state index contributed by atoms with van der Waals surface area (Å²) in [5, 5.41) is 11.9. The van der Waals surface area contributed by atoms with Crippen LogP contribution in [0, 0.1) is 0 Å². The quantitative estimate of drug-likeness (QED) is 0.469. The molecule has 0 bridgehead atoms. The van der Waals surface area contributed by atoms with Crippen molar-refractivity contribution in [3.8, 4) is 5.75 Å². The molecule has 0 spiro atoms. The molecule has 0 unspecified atom stereocenters. The molecular formula is C23H27N5O2S2. The Labute approximate surface area is 196 Å². The number of rotatable bonds is 8. The Balaban J connectivity index is 1.18. The number of benzene rings is 1. The average Bonchev–Trinajstić information content (AvgIpc) is 3.39. The smallest absolute Gasteiger partial charge is 0.233 e. The first-order valence-electron chi connectivity index (χ1n) is 11.0. The second-order valence-corrected chi connectivity index (χ2v) is 10.1. The van der Waals surface area contributed by atoms with E-state index < -0.39 is 0 Å². The molecule has 3 heterocycles. The van der Waals surface area contributed by atoms with Crippen LogP contribution in [0.1, 0.15) is 29.6 Å². The second-order valence-electron chi connectivity index (χ2n) is 8.08. The lowest BCUT2D eigenvalue weighted by Gasteiger charge is -2.36. The van der Waals surface area contributed by atoms with E-state index in [1.165, 1.54) is 29.5 Å². The van der Waals surface area contributed by atoms with Crippen molar-refractivity contribution < 1.29 is 9.53 Å². The molecule has 2 fully saturated rings. The van der Waals surface area contributed by atoms with Crippen LogP contribution >= 0.6 is 23.1 Å². The van der Waals surface area contributed by atoms with Gasteiger partial charge in [0.15, 0.2) is 5.16 Å². The third-order valence-corrected chi connectivity index (χ3v) is 7.75. The molecule has 7 nitrogen and oxygen atoms in total. The number of nitrogens with zero attached hydrogens (tertiary/aromatic N) is 5. The van der Waals surface area contributed by atoms with Gasteiger partial charge >= 0.3 is 0 Å². The van der Waals surface area contributed by atoms with Crippen LogP contribution in [-0.2, 0) is 11.2 Å². The van der Waals surface area contributed by atoms with Gasteiger partial charge in [-0.3, -0.25) is 4.79 Å². The fraction of sp³-hybridized carbons (Fsp3) is 0.435. The van der Waals surface area contributed by atoms with Gasteiger partial charge in [0.05, 0.1) is 18.6 Å². The van der Waals surface area contributed by atoms with E-state index in [4.69, 9.17) is 4.74 Å². The van der Waals surface area contributed by atoms with E-state index in [-0.39, 0.29) is 5.91 Å². The van der Waals surface area contributed by atoms with Gasteiger partial charge in [-0.25, -0.2) is 0 Å². The number of piperazine rings is 1. The SMILES string of the molecule is COc1ccccc1N1CCN(C(=O)CSc2nnc(Cc3cccs3)n2C2CC2)CC1. The molecule has 0 N–H and O–H groups in total. The summed E-state index contributed by atoms with van der Waals surface area (Å²) < 4.78 is 7.75. The van der Waals surface area contributed by atoms with E-state index >= 15 is 0 Å². The predicted molar refractivity (Wildman–Crippen MR) is 128 cm³/mol. The van der Waals surface area contributed by atoms with Gasteiger partial charge in [0.25, 0.3) is 0 Å². The molecule has 9 heteroatoms. The Morgan fingerprint density at radius 2 is 1.94 bits per heavy atom. The number of anilines is 1. The molecule has 1 aliphatic heterocycles. The highest BCUT2D eigenvalue weighted by Crippen LogP contribution is 2.39. The molecule has 0 atom stereocenters. The minimum Gasteiger partial charge on any atom is -0.495 e. The van der Waals surface area contributed by atoms with Crippen molar-refractivity contribution in [2.24, 2.45) is 0 Å². The molecule has 0 radical (unpaired) electrons. The maximum absolute atomic E-state index is 12.9. The highest BCUT2D eigenvalue weighted by molar-refractivity contribution is 7.99. The van der Waals surface area contributed by atoms with Gasteiger partial charge < -0.3 is 19.1 Å². The van der Waals surface area contributed by atoms with Crippen molar-refractivity contribution in [1.29, 1.82) is 0 Å². The van der Waals surface area contributed by atoms with Crippen LogP contribution in [0.15, 0.2) is 46.9 Å². The lowest BCUT2D eigenvalue weighted by Crippen LogP contribution is -2.49. The molecule has 3 aromatic rings. The Morgan fingerprint density at radius 1 is 1.12 bits per heavy atom. The van der Waals surface area contributed by atoms with Gasteiger partial charge in [-0.15, -0.1) is 21.5 Å². The van der Waals surface area contributed by atoms with Crippen molar-refractivity contribution in [2.45, 2.75) is 30.5 Å². The number of amides is 1. The van der Waals surface area contributed by atoms with Crippen molar-refractivity contribution in [3.63, 3.8) is 0 Å². The highest BCUT2D eigenvalue weighted by atomic mass is 32.2. The number of methoxy groups -OCH3 is 1. The number of carbonyl (C=O) groups excluding carboxylic acids is 1. The zero-order valence-electron chi connectivity index (χ0n) is 18.1. The lowest BCUT2D eigenvalue weighted by atomic mass is 10.2. The Hall–Kier alpha value is -2.52. The molecule has 2 aromatic heterocycles. The van der Waals surface area contributed by atoms with E-state index in [1.807, 2.05) is 23.1 Å². The molecule has 1 saturated carbocycles. The van der Waals surface area contributed by atoms with Crippen molar-refractivity contribution in [1.82, 2.24) is 19.7 Å². The minimum absolute atomic E-state index is 0.167. The highest BCUT2D eigenvalue weighted by Gasteiger charge is 2.30. The Morgan fingerprint density at radius 3 is 2.66 bits per heavy atom. The van der Waals surface area contributed by atoms with E-state index in [2.05, 4.69) is 43.2 Å². The minimum atomic E-state index is 0.167. The molecule has 1 aliphatic carbocycles. The first-order chi connectivity index (χ1) is 15.7. The van der Waals surface area contributed by atoms with Gasteiger partial charge in [0.1, 0.15) is 11.6 Å². The Bertz CT molecular complexity index is 1060. The van der Waals surface area contributed by atoms with Crippen LogP contribution in [0.4, 0.5) is 5.69 Å². The predicted octanol–water partition coefficient (Wildman–Crippen LogP) is 3.71. The maximum Gasteiger partial charge on any atom is 0.233 e. The molecule has 1 amide bonds. The van der Waals surface area contributed by atoms with E-state index in [9.17, 15) is 4.79 Å². The molecule has 1 aromatic carbocycles. The van der Waals surface area contributed by atoms with Gasteiger partial charge in [0, 0.05) is 43.5 Å². The molecular weight excluding hydrogens is 442 g/mol. The molecule has 32 heavy (non-hydrogen) atoms. The molecule has 5 rings (SSSR count). The lowest BCUT2D eigenvalue weighted by molar-refractivity contribution is -0.128. The number of aromatic nitrogens is 3. The second kappa shape index (κ2) is 9.54. The Kier molecular flexibility index (Phi) is 6.36. The van der Waals surface area contributed by atoms with E-state index in [0.717, 1.165) is 55.0 Å². The summed E-state index contributed by atoms with van der Waals surface area (Å²) in [7, 11) is 1.70. The standard InChI is InChI=1S/C23H27N5O2S2/c1-30-20-7-3-2-6-19(20)26-10-12-27(13-11-26)22(29)16-32-23-25-24-21(28(23)17-8-9-17)15-18-5-4-14-31-18/h2-7,14,17H,8-13,15-16H2,1H3. The van der Waals surface area contributed by atoms with Crippen molar-refractivity contribution in [3.05, 3.63) is 52.5 Å². The number of thiophene rings is 1. The summed E-state index contributed by atoms with van der Waals surface area (Å²) in [6.45, 7) is 3.05. The van der Waals surface area contributed by atoms with Gasteiger partial charge in [-0.1, -0.05) is 30.0 Å². The number of carbonyl (C=O) groups is 1. The summed E-state index contributed by atoms with van der Waals surface area (Å²) in [6, 6.07) is 12.7. The van der Waals surface area contributed by atoms with Gasteiger partial charge in [-0.05, 0) is 36.4 Å². The summed E-state index contributed by atoms with van der Waals surface area (Å²) >= 11 is 3.27. The summed E-state index contributed by atoms with van der Waals surface area (Å²) in [5.74, 6) is 2.45. The fourth-order valence-electron chi connectivity index (χ4n) is 4.10. The topological polar surface area (TPSA) is 63.5 Å². The summed E-state index contributed by atoms with van der Waals surface area (Å²) in [5.41, 5.74) is 1.09. The maximum atomic E-state index is 12.9. The average molecular weight is 470 g/mol. The van der Waals surface area contributed by atoms with Crippen molar-refractivity contribution in [2.75, 3.05) is 43.9 Å².